The van der Waals surface area contributed by atoms with E-state index < -0.39 is 0 Å². The van der Waals surface area contributed by atoms with Crippen LogP contribution < -0.4 is 0 Å². The van der Waals surface area contributed by atoms with Crippen molar-refractivity contribution in [2.24, 2.45) is 0 Å². The Morgan fingerprint density at radius 2 is 2.19 bits per heavy atom. The number of aromatic nitrogens is 1. The molecule has 0 aromatic carbocycles. The maximum atomic E-state index is 11.3. The molecule has 0 amide bonds. The highest BCUT2D eigenvalue weighted by Crippen LogP contribution is 2.18. The maximum absolute atomic E-state index is 11.3. The van der Waals surface area contributed by atoms with Crippen molar-refractivity contribution >= 4 is 17.1 Å². The molecule has 0 aliphatic carbocycles. The topological polar surface area (TPSA) is 33.2 Å². The van der Waals surface area contributed by atoms with E-state index >= 15 is 0 Å². The van der Waals surface area contributed by atoms with E-state index in [1.807, 2.05) is 18.3 Å². The minimum absolute atomic E-state index is 0.144. The number of aryl methyl sites for hydroxylation is 1. The first-order valence-corrected chi connectivity index (χ1v) is 8.04. The number of likely N-dealkylation sites (N-methyl/N-ethyl adjacent to an activating group) is 1. The third kappa shape index (κ3) is 4.48. The monoisotopic (exact) mass is 302 g/mol. The Morgan fingerprint density at radius 3 is 2.81 bits per heavy atom. The summed E-state index contributed by atoms with van der Waals surface area (Å²) < 4.78 is 0. The molecule has 0 bridgehead atoms. The molecule has 2 heterocycles. The van der Waals surface area contributed by atoms with E-state index in [1.165, 1.54) is 22.5 Å². The van der Waals surface area contributed by atoms with Crippen molar-refractivity contribution in [3.05, 3.63) is 51.5 Å². The van der Waals surface area contributed by atoms with E-state index in [4.69, 9.17) is 0 Å². The summed E-state index contributed by atoms with van der Waals surface area (Å²) in [5.41, 5.74) is 3.58. The molecule has 0 aliphatic heterocycles. The number of pyridine rings is 1. The molecule has 2 aromatic heterocycles. The highest BCUT2D eigenvalue weighted by atomic mass is 32.1. The van der Waals surface area contributed by atoms with Crippen molar-refractivity contribution in [2.45, 2.75) is 39.8 Å². The smallest absolute Gasteiger partial charge is 0.169 e. The number of Topliss-reactive ketones (excluding diaryl/α,β-unsaturated/α-hetero) is 1. The molecular weight excluding hydrogens is 280 g/mol. The van der Waals surface area contributed by atoms with E-state index in [-0.39, 0.29) is 5.78 Å². The predicted octanol–water partition coefficient (Wildman–Crippen LogP) is 3.72. The van der Waals surface area contributed by atoms with E-state index in [9.17, 15) is 4.79 Å². The van der Waals surface area contributed by atoms with Gasteiger partial charge in [-0.15, -0.1) is 11.3 Å². The molecule has 0 spiro atoms. The van der Waals surface area contributed by atoms with Crippen molar-refractivity contribution in [3.8, 4) is 0 Å². The van der Waals surface area contributed by atoms with Gasteiger partial charge in [-0.2, -0.15) is 0 Å². The fraction of sp³-hybridized carbons (Fsp3) is 0.412. The molecule has 0 N–H and O–H groups in total. The molecule has 1 unspecified atom stereocenters. The predicted molar refractivity (Wildman–Crippen MR) is 87.9 cm³/mol. The molecule has 0 saturated carbocycles. The third-order valence-corrected chi connectivity index (χ3v) is 4.74. The van der Waals surface area contributed by atoms with Gasteiger partial charge >= 0.3 is 0 Å². The Bertz CT molecular complexity index is 621. The minimum Gasteiger partial charge on any atom is -0.299 e. The molecule has 21 heavy (non-hydrogen) atoms. The highest BCUT2D eigenvalue weighted by Gasteiger charge is 2.13. The van der Waals surface area contributed by atoms with Crippen molar-refractivity contribution < 1.29 is 4.79 Å². The normalized spacial score (nSPS) is 12.6. The summed E-state index contributed by atoms with van der Waals surface area (Å²) in [7, 11) is 2.12. The van der Waals surface area contributed by atoms with Crippen LogP contribution >= 0.6 is 11.3 Å². The lowest BCUT2D eigenvalue weighted by Gasteiger charge is -2.24. The van der Waals surface area contributed by atoms with E-state index in [0.717, 1.165) is 23.5 Å². The third-order valence-electron chi connectivity index (χ3n) is 3.66. The van der Waals surface area contributed by atoms with Gasteiger partial charge in [0.25, 0.3) is 0 Å². The average Bonchev–Trinajstić information content (AvgIpc) is 2.87. The van der Waals surface area contributed by atoms with Crippen LogP contribution in [0.25, 0.3) is 0 Å². The number of thiophene rings is 1. The zero-order valence-corrected chi connectivity index (χ0v) is 13.9. The molecule has 1 atom stereocenters. The molecular formula is C17H22N2OS. The first-order chi connectivity index (χ1) is 9.95. The van der Waals surface area contributed by atoms with Gasteiger partial charge in [0, 0.05) is 30.9 Å². The Labute approximate surface area is 130 Å². The highest BCUT2D eigenvalue weighted by molar-refractivity contribution is 7.12. The van der Waals surface area contributed by atoms with Crippen molar-refractivity contribution in [2.75, 3.05) is 7.05 Å². The van der Waals surface area contributed by atoms with Crippen molar-refractivity contribution in [3.63, 3.8) is 0 Å². The summed E-state index contributed by atoms with van der Waals surface area (Å²) in [6, 6.07) is 6.57. The second-order valence-corrected chi connectivity index (χ2v) is 6.58. The van der Waals surface area contributed by atoms with Crippen LogP contribution in [0.3, 0.4) is 0 Å². The lowest BCUT2D eigenvalue weighted by atomic mass is 10.1. The van der Waals surface area contributed by atoms with Gasteiger partial charge in [-0.3, -0.25) is 14.7 Å². The van der Waals surface area contributed by atoms with Crippen LogP contribution in [0, 0.1) is 6.92 Å². The van der Waals surface area contributed by atoms with Gasteiger partial charge in [-0.1, -0.05) is 0 Å². The minimum atomic E-state index is 0.144. The van der Waals surface area contributed by atoms with Crippen LogP contribution in [-0.4, -0.2) is 28.8 Å². The SMILES string of the molecule is CC(=O)c1cc(CN(C)C(C)Cc2cc(C)ccn2)cs1. The Morgan fingerprint density at radius 1 is 1.43 bits per heavy atom. The van der Waals surface area contributed by atoms with Crippen LogP contribution in [-0.2, 0) is 13.0 Å². The molecule has 2 aromatic rings. The zero-order valence-electron chi connectivity index (χ0n) is 13.1. The molecule has 3 nitrogen and oxygen atoms in total. The Kier molecular flexibility index (Phi) is 5.26. The first kappa shape index (κ1) is 15.9. The Hall–Kier alpha value is -1.52. The van der Waals surface area contributed by atoms with E-state index in [1.54, 1.807) is 6.92 Å². The zero-order chi connectivity index (χ0) is 15.4. The average molecular weight is 302 g/mol. The molecule has 0 radical (unpaired) electrons. The number of carbonyl (C=O) groups is 1. The summed E-state index contributed by atoms with van der Waals surface area (Å²) >= 11 is 1.53. The molecule has 4 heteroatoms. The number of rotatable bonds is 6. The fourth-order valence-corrected chi connectivity index (χ4v) is 3.06. The van der Waals surface area contributed by atoms with E-state index in [2.05, 4.69) is 42.2 Å². The van der Waals surface area contributed by atoms with Crippen LogP contribution in [0.4, 0.5) is 0 Å². The van der Waals surface area contributed by atoms with E-state index in [0.29, 0.717) is 6.04 Å². The van der Waals surface area contributed by atoms with Crippen LogP contribution in [0.1, 0.15) is 40.3 Å². The second-order valence-electron chi connectivity index (χ2n) is 5.67. The molecule has 0 aliphatic rings. The summed E-state index contributed by atoms with van der Waals surface area (Å²) in [6.07, 6.45) is 2.80. The number of hydrogen-bond donors (Lipinski definition) is 0. The lowest BCUT2D eigenvalue weighted by Crippen LogP contribution is -2.30. The number of nitrogens with zero attached hydrogens (tertiary/aromatic N) is 2. The van der Waals surface area contributed by atoms with Gasteiger partial charge in [-0.25, -0.2) is 0 Å². The van der Waals surface area contributed by atoms with Gasteiger partial charge in [0.2, 0.25) is 0 Å². The molecule has 0 fully saturated rings. The summed E-state index contributed by atoms with van der Waals surface area (Å²) in [5.74, 6) is 0.144. The fourth-order valence-electron chi connectivity index (χ4n) is 2.26. The standard InChI is InChI=1S/C17H22N2OS/c1-12-5-6-18-16(7-12)8-13(2)19(4)10-15-9-17(14(3)20)21-11-15/h5-7,9,11,13H,8,10H2,1-4H3. The number of hydrogen-bond acceptors (Lipinski definition) is 4. The maximum Gasteiger partial charge on any atom is 0.169 e. The number of carbonyl (C=O) groups excluding carboxylic acids is 1. The largest absolute Gasteiger partial charge is 0.299 e. The van der Waals surface area contributed by atoms with Crippen LogP contribution in [0.2, 0.25) is 0 Å². The van der Waals surface area contributed by atoms with Gasteiger partial charge in [0.05, 0.1) is 4.88 Å². The van der Waals surface area contributed by atoms with Gasteiger partial charge in [0.15, 0.2) is 5.78 Å². The first-order valence-electron chi connectivity index (χ1n) is 7.16. The summed E-state index contributed by atoms with van der Waals surface area (Å²) in [6.45, 7) is 6.78. The quantitative estimate of drug-likeness (QED) is 0.763. The van der Waals surface area contributed by atoms with Gasteiger partial charge in [-0.05, 0) is 62.5 Å². The van der Waals surface area contributed by atoms with Crippen LogP contribution in [0.5, 0.6) is 0 Å². The molecule has 2 rings (SSSR count). The lowest BCUT2D eigenvalue weighted by molar-refractivity contribution is 0.102. The Balaban J connectivity index is 1.95. The second kappa shape index (κ2) is 6.96. The molecule has 0 saturated heterocycles. The van der Waals surface area contributed by atoms with Crippen LogP contribution in [0.15, 0.2) is 29.8 Å². The summed E-state index contributed by atoms with van der Waals surface area (Å²) in [5, 5.41) is 2.07. The van der Waals surface area contributed by atoms with Gasteiger partial charge in [0.1, 0.15) is 0 Å². The number of ketones is 1. The van der Waals surface area contributed by atoms with Gasteiger partial charge < -0.3 is 0 Å². The molecule has 112 valence electrons. The van der Waals surface area contributed by atoms with Crippen molar-refractivity contribution in [1.29, 1.82) is 0 Å². The van der Waals surface area contributed by atoms with Crippen molar-refractivity contribution in [1.82, 2.24) is 9.88 Å². The summed E-state index contributed by atoms with van der Waals surface area (Å²) in [4.78, 5) is 18.9.